The van der Waals surface area contributed by atoms with E-state index in [1.54, 1.807) is 36.5 Å². The molecule has 26 heavy (non-hydrogen) atoms. The Morgan fingerprint density at radius 2 is 1.62 bits per heavy atom. The van der Waals surface area contributed by atoms with Gasteiger partial charge in [-0.25, -0.2) is 9.78 Å². The quantitative estimate of drug-likeness (QED) is 0.141. The molecule has 0 radical (unpaired) electrons. The molecule has 2 atom stereocenters. The molecular formula is C20H31O6-. The Morgan fingerprint density at radius 3 is 2.19 bits per heavy atom. The van der Waals surface area contributed by atoms with Gasteiger partial charge in [-0.2, -0.15) is 0 Å². The molecule has 0 heterocycles. The average Bonchev–Trinajstić information content (AvgIpc) is 2.63. The standard InChI is InChI=1S/C20H32O6/c1-2-3-8-13-18(25-23)14-9-4-5-10-15-19(26-24)16-11-6-7-12-17-20(21)22/h4-6,9-11,14-15,18-19,23-24H,2-3,7-8,12-13,16-17H2,1H3,(H,21,22)/p-1/b5-4-,11-6-,14-9+,15-10+/t18-,19+/m0/s1. The largest absolute Gasteiger partial charge is 0.550 e. The van der Waals surface area contributed by atoms with Gasteiger partial charge in [0, 0.05) is 5.97 Å². The third-order valence-electron chi connectivity index (χ3n) is 3.63. The van der Waals surface area contributed by atoms with Crippen molar-refractivity contribution >= 4 is 5.97 Å². The number of carboxylic acids is 1. The summed E-state index contributed by atoms with van der Waals surface area (Å²) in [5, 5.41) is 27.9. The van der Waals surface area contributed by atoms with Crippen LogP contribution in [0.3, 0.4) is 0 Å². The number of allylic oxidation sites excluding steroid dienone is 5. The number of unbranched alkanes of at least 4 members (excludes halogenated alkanes) is 3. The van der Waals surface area contributed by atoms with Gasteiger partial charge in [0.2, 0.25) is 0 Å². The molecule has 0 aromatic heterocycles. The molecule has 0 aliphatic rings. The Labute approximate surface area is 156 Å². The van der Waals surface area contributed by atoms with E-state index in [-0.39, 0.29) is 12.5 Å². The van der Waals surface area contributed by atoms with E-state index in [9.17, 15) is 9.90 Å². The molecule has 0 aromatic carbocycles. The van der Waals surface area contributed by atoms with E-state index in [4.69, 9.17) is 10.5 Å². The maximum atomic E-state index is 10.3. The summed E-state index contributed by atoms with van der Waals surface area (Å²) in [7, 11) is 0. The Bertz CT molecular complexity index is 453. The summed E-state index contributed by atoms with van der Waals surface area (Å²) in [6.45, 7) is 2.12. The predicted octanol–water partition coefficient (Wildman–Crippen LogP) is 3.82. The van der Waals surface area contributed by atoms with Crippen LogP contribution in [0.2, 0.25) is 0 Å². The van der Waals surface area contributed by atoms with Crippen molar-refractivity contribution in [1.29, 1.82) is 0 Å². The van der Waals surface area contributed by atoms with Gasteiger partial charge >= 0.3 is 0 Å². The van der Waals surface area contributed by atoms with E-state index >= 15 is 0 Å². The molecule has 6 heteroatoms. The van der Waals surface area contributed by atoms with Gasteiger partial charge in [-0.05, 0) is 32.1 Å². The monoisotopic (exact) mass is 367 g/mol. The minimum atomic E-state index is -1.04. The molecule has 0 aliphatic heterocycles. The molecule has 0 saturated carbocycles. The lowest BCUT2D eigenvalue weighted by atomic mass is 10.1. The van der Waals surface area contributed by atoms with Crippen molar-refractivity contribution < 1.29 is 30.2 Å². The van der Waals surface area contributed by atoms with Crippen LogP contribution in [0.1, 0.15) is 58.3 Å². The van der Waals surface area contributed by atoms with Gasteiger partial charge in [-0.15, -0.1) is 0 Å². The zero-order chi connectivity index (χ0) is 19.5. The van der Waals surface area contributed by atoms with E-state index in [2.05, 4.69) is 16.7 Å². The molecule has 6 nitrogen and oxygen atoms in total. The van der Waals surface area contributed by atoms with E-state index in [1.807, 2.05) is 12.2 Å². The van der Waals surface area contributed by atoms with Crippen molar-refractivity contribution in [2.24, 2.45) is 0 Å². The number of aliphatic carboxylic acids is 1. The molecule has 0 saturated heterocycles. The SMILES string of the molecule is CCCCC[C@@H](/C=C/C=C\C=C\[C@H](C/C=C\CCCC(=O)[O-])OO)OO. The molecule has 148 valence electrons. The zero-order valence-corrected chi connectivity index (χ0v) is 15.5. The first-order chi connectivity index (χ1) is 12.6. The minimum absolute atomic E-state index is 0.0449. The van der Waals surface area contributed by atoms with Crippen LogP contribution in [-0.2, 0) is 14.6 Å². The smallest absolute Gasteiger partial charge is 0.115 e. The Balaban J connectivity index is 4.08. The normalized spacial score (nSPS) is 14.9. The molecule has 2 N–H and O–H groups in total. The fourth-order valence-corrected chi connectivity index (χ4v) is 2.15. The van der Waals surface area contributed by atoms with Gasteiger partial charge < -0.3 is 9.90 Å². The summed E-state index contributed by atoms with van der Waals surface area (Å²) in [5.41, 5.74) is 0. The lowest BCUT2D eigenvalue weighted by Crippen LogP contribution is -2.21. The summed E-state index contributed by atoms with van der Waals surface area (Å²) in [6.07, 6.45) is 19.3. The highest BCUT2D eigenvalue weighted by atomic mass is 17.1. The number of carboxylic acid groups (broad SMARTS) is 1. The van der Waals surface area contributed by atoms with Crippen molar-refractivity contribution in [3.8, 4) is 0 Å². The molecule has 0 spiro atoms. The second-order valence-electron chi connectivity index (χ2n) is 5.91. The van der Waals surface area contributed by atoms with Gasteiger partial charge in [-0.1, -0.05) is 74.8 Å². The minimum Gasteiger partial charge on any atom is -0.550 e. The van der Waals surface area contributed by atoms with Crippen molar-refractivity contribution in [2.75, 3.05) is 0 Å². The van der Waals surface area contributed by atoms with Crippen LogP contribution >= 0.6 is 0 Å². The summed E-state index contributed by atoms with van der Waals surface area (Å²) < 4.78 is 0. The number of hydrogen-bond donors (Lipinski definition) is 2. The molecule has 0 bridgehead atoms. The summed E-state index contributed by atoms with van der Waals surface area (Å²) >= 11 is 0. The van der Waals surface area contributed by atoms with Gasteiger partial charge in [0.15, 0.2) is 0 Å². The van der Waals surface area contributed by atoms with Crippen molar-refractivity contribution in [3.05, 3.63) is 48.6 Å². The lowest BCUT2D eigenvalue weighted by Gasteiger charge is -2.07. The van der Waals surface area contributed by atoms with Crippen LogP contribution in [0.15, 0.2) is 48.6 Å². The fourth-order valence-electron chi connectivity index (χ4n) is 2.15. The third-order valence-corrected chi connectivity index (χ3v) is 3.63. The van der Waals surface area contributed by atoms with Crippen LogP contribution < -0.4 is 5.11 Å². The van der Waals surface area contributed by atoms with Crippen LogP contribution in [0.4, 0.5) is 0 Å². The highest BCUT2D eigenvalue weighted by molar-refractivity contribution is 5.64. The maximum absolute atomic E-state index is 10.3. The van der Waals surface area contributed by atoms with Gasteiger partial charge in [0.05, 0.1) is 0 Å². The first-order valence-electron chi connectivity index (χ1n) is 9.11. The number of carbonyl (C=O) groups is 1. The summed E-state index contributed by atoms with van der Waals surface area (Å²) in [6, 6.07) is 0. The second kappa shape index (κ2) is 18.1. The first-order valence-corrected chi connectivity index (χ1v) is 9.11. The number of rotatable bonds is 16. The summed E-state index contributed by atoms with van der Waals surface area (Å²) in [5.74, 6) is -1.04. The van der Waals surface area contributed by atoms with Crippen molar-refractivity contribution in [2.45, 2.75) is 70.5 Å². The third kappa shape index (κ3) is 15.8. The van der Waals surface area contributed by atoms with Gasteiger partial charge in [-0.3, -0.25) is 10.5 Å². The Hall–Kier alpha value is -1.73. The Morgan fingerprint density at radius 1 is 0.962 bits per heavy atom. The van der Waals surface area contributed by atoms with Crippen molar-refractivity contribution in [3.63, 3.8) is 0 Å². The maximum Gasteiger partial charge on any atom is 0.115 e. The first kappa shape index (κ1) is 24.3. The van der Waals surface area contributed by atoms with E-state index in [0.29, 0.717) is 19.3 Å². The van der Waals surface area contributed by atoms with Crippen LogP contribution in [0, 0.1) is 0 Å². The predicted molar refractivity (Wildman–Crippen MR) is 99.2 cm³/mol. The molecule has 0 unspecified atom stereocenters. The van der Waals surface area contributed by atoms with Crippen molar-refractivity contribution in [1.82, 2.24) is 0 Å². The van der Waals surface area contributed by atoms with E-state index in [0.717, 1.165) is 25.7 Å². The molecule has 0 rings (SSSR count). The summed E-state index contributed by atoms with van der Waals surface area (Å²) in [4.78, 5) is 19.0. The Kier molecular flexibility index (Phi) is 16.9. The van der Waals surface area contributed by atoms with E-state index < -0.39 is 12.1 Å². The second-order valence-corrected chi connectivity index (χ2v) is 5.91. The average molecular weight is 367 g/mol. The van der Waals surface area contributed by atoms with Crippen LogP contribution in [-0.4, -0.2) is 28.7 Å². The fraction of sp³-hybridized carbons (Fsp3) is 0.550. The molecule has 0 fully saturated rings. The lowest BCUT2D eigenvalue weighted by molar-refractivity contribution is -0.305. The molecular weight excluding hydrogens is 336 g/mol. The molecule has 0 amide bonds. The van der Waals surface area contributed by atoms with Gasteiger partial charge in [0.1, 0.15) is 12.2 Å². The van der Waals surface area contributed by atoms with Gasteiger partial charge in [0.25, 0.3) is 0 Å². The highest BCUT2D eigenvalue weighted by Crippen LogP contribution is 2.07. The topological polar surface area (TPSA) is 99.1 Å². The molecule has 0 aromatic rings. The van der Waals surface area contributed by atoms with Crippen LogP contribution in [0.5, 0.6) is 0 Å². The zero-order valence-electron chi connectivity index (χ0n) is 15.5. The van der Waals surface area contributed by atoms with Crippen LogP contribution in [0.25, 0.3) is 0 Å². The number of carbonyl (C=O) groups excluding carboxylic acids is 1. The van der Waals surface area contributed by atoms with E-state index in [1.165, 1.54) is 0 Å². The number of hydrogen-bond acceptors (Lipinski definition) is 6. The molecule has 0 aliphatic carbocycles. The highest BCUT2D eigenvalue weighted by Gasteiger charge is 2.02.